The van der Waals surface area contributed by atoms with Crippen LogP contribution in [0.1, 0.15) is 11.1 Å². The van der Waals surface area contributed by atoms with Gasteiger partial charge in [-0.3, -0.25) is 0 Å². The second-order valence-corrected chi connectivity index (χ2v) is 14.3. The SMILES string of the molecule is CS(c1ccccc1)(c1ccccc1)c1ccc(Sc2ccc(C3(c4ccccc4)OCC(CO)O3)cc2)cc1. The fourth-order valence-electron chi connectivity index (χ4n) is 5.18. The molecule has 6 rings (SSSR count). The molecule has 0 bridgehead atoms. The van der Waals surface area contributed by atoms with E-state index in [1.54, 1.807) is 11.8 Å². The van der Waals surface area contributed by atoms with Gasteiger partial charge in [0.2, 0.25) is 5.79 Å². The Bertz CT molecular complexity index is 1490. The average molecular weight is 565 g/mol. The topological polar surface area (TPSA) is 38.7 Å². The largest absolute Gasteiger partial charge is 0.394 e. The molecule has 5 aromatic carbocycles. The number of aliphatic hydroxyl groups excluding tert-OH is 1. The second-order valence-electron chi connectivity index (χ2n) is 9.86. The molecule has 1 saturated heterocycles. The fraction of sp³-hybridized carbons (Fsp3) is 0.143. The first-order chi connectivity index (χ1) is 19.6. The van der Waals surface area contributed by atoms with E-state index in [4.69, 9.17) is 9.47 Å². The van der Waals surface area contributed by atoms with E-state index in [0.29, 0.717) is 6.61 Å². The lowest BCUT2D eigenvalue weighted by Gasteiger charge is -2.37. The van der Waals surface area contributed by atoms with Crippen LogP contribution in [-0.4, -0.2) is 30.7 Å². The zero-order valence-electron chi connectivity index (χ0n) is 22.4. The molecule has 202 valence electrons. The first-order valence-electron chi connectivity index (χ1n) is 13.4. The van der Waals surface area contributed by atoms with E-state index in [2.05, 4.69) is 115 Å². The Morgan fingerprint density at radius 1 is 0.650 bits per heavy atom. The van der Waals surface area contributed by atoms with E-state index >= 15 is 0 Å². The lowest BCUT2D eigenvalue weighted by molar-refractivity contribution is -0.146. The number of hydrogen-bond donors (Lipinski definition) is 1. The van der Waals surface area contributed by atoms with E-state index in [9.17, 15) is 5.11 Å². The van der Waals surface area contributed by atoms with E-state index in [0.717, 1.165) is 16.0 Å². The minimum absolute atomic E-state index is 0.0756. The number of aliphatic hydroxyl groups is 1. The smallest absolute Gasteiger partial charge is 0.222 e. The van der Waals surface area contributed by atoms with Crippen molar-refractivity contribution in [2.75, 3.05) is 19.5 Å². The van der Waals surface area contributed by atoms with Crippen LogP contribution in [0, 0.1) is 0 Å². The summed E-state index contributed by atoms with van der Waals surface area (Å²) in [5.41, 5.74) is 1.84. The zero-order chi connectivity index (χ0) is 27.4. The van der Waals surface area contributed by atoms with Gasteiger partial charge >= 0.3 is 0 Å². The van der Waals surface area contributed by atoms with Gasteiger partial charge in [0.05, 0.1) is 13.2 Å². The fourth-order valence-corrected chi connectivity index (χ4v) is 8.90. The summed E-state index contributed by atoms with van der Waals surface area (Å²) in [6.07, 6.45) is 2.03. The van der Waals surface area contributed by atoms with Crippen LogP contribution < -0.4 is 0 Å². The van der Waals surface area contributed by atoms with Crippen molar-refractivity contribution in [1.82, 2.24) is 0 Å². The van der Waals surface area contributed by atoms with Crippen LogP contribution in [0.4, 0.5) is 0 Å². The van der Waals surface area contributed by atoms with Crippen molar-refractivity contribution < 1.29 is 14.6 Å². The molecule has 1 aliphatic rings. The molecule has 0 saturated carbocycles. The van der Waals surface area contributed by atoms with Crippen molar-refractivity contribution in [3.8, 4) is 0 Å². The van der Waals surface area contributed by atoms with Gasteiger partial charge in [0.1, 0.15) is 6.10 Å². The first kappa shape index (κ1) is 26.9. The lowest BCUT2D eigenvalue weighted by Crippen LogP contribution is -2.30. The van der Waals surface area contributed by atoms with Crippen LogP contribution in [0.3, 0.4) is 0 Å². The van der Waals surface area contributed by atoms with Gasteiger partial charge in [-0.05, 0) is 81.6 Å². The molecular formula is C35H32O3S2. The molecule has 5 aromatic rings. The summed E-state index contributed by atoms with van der Waals surface area (Å²) in [7, 11) is -1.37. The standard InChI is InChI=1S/C35H32O3S2/c1-40(32-13-7-3-8-14-32,33-15-9-4-10-16-33)34-23-21-31(22-24-34)39-30-19-17-28(18-20-30)35(27-11-5-2-6-12-27)37-26-29(25-36)38-35/h2-24,29,36H,25-26H2,1H3. The third-order valence-corrected chi connectivity index (χ3v) is 12.0. The quantitative estimate of drug-likeness (QED) is 0.206. The number of ether oxygens (including phenoxy) is 2. The summed E-state index contributed by atoms with van der Waals surface area (Å²) < 4.78 is 12.5. The summed E-state index contributed by atoms with van der Waals surface area (Å²) in [5.74, 6) is -1.01. The highest BCUT2D eigenvalue weighted by molar-refractivity contribution is 8.33. The van der Waals surface area contributed by atoms with Crippen molar-refractivity contribution in [1.29, 1.82) is 0 Å². The number of benzene rings is 5. The van der Waals surface area contributed by atoms with Crippen molar-refractivity contribution in [3.63, 3.8) is 0 Å². The van der Waals surface area contributed by atoms with Crippen molar-refractivity contribution >= 4 is 21.8 Å². The molecule has 1 N–H and O–H groups in total. The van der Waals surface area contributed by atoms with Crippen molar-refractivity contribution in [2.24, 2.45) is 0 Å². The Morgan fingerprint density at radius 2 is 1.10 bits per heavy atom. The summed E-state index contributed by atoms with van der Waals surface area (Å²) in [6.45, 7) is 0.273. The van der Waals surface area contributed by atoms with Gasteiger partial charge in [0, 0.05) is 20.9 Å². The number of rotatable bonds is 8. The summed E-state index contributed by atoms with van der Waals surface area (Å²) >= 11 is 1.74. The Balaban J connectivity index is 1.26. The summed E-state index contributed by atoms with van der Waals surface area (Å²) in [4.78, 5) is 6.36. The van der Waals surface area contributed by atoms with Gasteiger partial charge in [-0.2, -0.15) is 10.0 Å². The Hall–Kier alpha value is -3.32. The van der Waals surface area contributed by atoms with Crippen LogP contribution in [0.2, 0.25) is 0 Å². The molecule has 1 fully saturated rings. The molecule has 40 heavy (non-hydrogen) atoms. The monoisotopic (exact) mass is 564 g/mol. The molecule has 2 atom stereocenters. The van der Waals surface area contributed by atoms with Crippen LogP contribution in [0.5, 0.6) is 0 Å². The van der Waals surface area contributed by atoms with Crippen LogP contribution in [0.15, 0.2) is 164 Å². The van der Waals surface area contributed by atoms with E-state index in [-0.39, 0.29) is 12.7 Å². The van der Waals surface area contributed by atoms with E-state index < -0.39 is 15.8 Å². The molecule has 0 amide bonds. The van der Waals surface area contributed by atoms with Crippen molar-refractivity contribution in [3.05, 3.63) is 151 Å². The summed E-state index contributed by atoms with van der Waals surface area (Å²) in [6, 6.07) is 49.0. The first-order valence-corrected chi connectivity index (χ1v) is 16.2. The maximum Gasteiger partial charge on any atom is 0.222 e. The van der Waals surface area contributed by atoms with Crippen LogP contribution in [0.25, 0.3) is 0 Å². The molecule has 0 radical (unpaired) electrons. The third-order valence-electron chi connectivity index (χ3n) is 7.36. The van der Waals surface area contributed by atoms with Crippen LogP contribution >= 0.6 is 21.8 Å². The average Bonchev–Trinajstić information content (AvgIpc) is 3.49. The second kappa shape index (κ2) is 11.7. The Morgan fingerprint density at radius 3 is 1.60 bits per heavy atom. The molecule has 0 aromatic heterocycles. The third kappa shape index (κ3) is 5.12. The molecule has 0 aliphatic carbocycles. The Kier molecular flexibility index (Phi) is 7.83. The zero-order valence-corrected chi connectivity index (χ0v) is 24.0. The van der Waals surface area contributed by atoms with E-state index in [1.165, 1.54) is 19.6 Å². The van der Waals surface area contributed by atoms with Gasteiger partial charge in [0.15, 0.2) is 0 Å². The summed E-state index contributed by atoms with van der Waals surface area (Å²) in [5, 5.41) is 9.69. The van der Waals surface area contributed by atoms with Gasteiger partial charge in [-0.1, -0.05) is 90.6 Å². The highest BCUT2D eigenvalue weighted by Gasteiger charge is 2.44. The normalized spacial score (nSPS) is 19.4. The van der Waals surface area contributed by atoms with Gasteiger partial charge in [-0.15, -0.1) is 0 Å². The van der Waals surface area contributed by atoms with Crippen molar-refractivity contribution in [2.45, 2.75) is 36.4 Å². The predicted molar refractivity (Wildman–Crippen MR) is 163 cm³/mol. The van der Waals surface area contributed by atoms with Gasteiger partial charge in [-0.25, -0.2) is 0 Å². The minimum Gasteiger partial charge on any atom is -0.394 e. The number of hydrogen-bond acceptors (Lipinski definition) is 4. The van der Waals surface area contributed by atoms with Gasteiger partial charge in [0.25, 0.3) is 0 Å². The maximum absolute atomic E-state index is 9.69. The maximum atomic E-state index is 9.69. The van der Waals surface area contributed by atoms with Crippen LogP contribution in [-0.2, 0) is 15.3 Å². The molecule has 2 unspecified atom stereocenters. The van der Waals surface area contributed by atoms with Gasteiger partial charge < -0.3 is 14.6 Å². The highest BCUT2D eigenvalue weighted by atomic mass is 32.3. The molecule has 0 spiro atoms. The highest BCUT2D eigenvalue weighted by Crippen LogP contribution is 2.65. The lowest BCUT2D eigenvalue weighted by atomic mass is 9.97. The molecule has 1 aliphatic heterocycles. The van der Waals surface area contributed by atoms with E-state index in [1.807, 2.05) is 30.3 Å². The minimum atomic E-state index is -1.37. The Labute approximate surface area is 242 Å². The molecule has 1 heterocycles. The molecule has 3 nitrogen and oxygen atoms in total. The predicted octanol–water partition coefficient (Wildman–Crippen LogP) is 8.36. The molecule has 5 heteroatoms. The molecular weight excluding hydrogens is 533 g/mol.